The summed E-state index contributed by atoms with van der Waals surface area (Å²) in [4.78, 5) is 21.8. The molecule has 0 bridgehead atoms. The van der Waals surface area contributed by atoms with Crippen LogP contribution >= 0.6 is 11.8 Å². The molecule has 6 heteroatoms. The molecule has 2 saturated carbocycles. The summed E-state index contributed by atoms with van der Waals surface area (Å²) in [6.45, 7) is 4.24. The summed E-state index contributed by atoms with van der Waals surface area (Å²) >= 11 is 1.59. The van der Waals surface area contributed by atoms with Crippen molar-refractivity contribution in [1.82, 2.24) is 9.47 Å². The molecule has 35 heavy (non-hydrogen) atoms. The molecule has 1 saturated heterocycles. The maximum atomic E-state index is 13.8. The second-order valence-electron chi connectivity index (χ2n) is 10.1. The quantitative estimate of drug-likeness (QED) is 0.421. The van der Waals surface area contributed by atoms with E-state index in [0.717, 1.165) is 64.1 Å². The molecule has 0 atom stereocenters. The minimum absolute atomic E-state index is 0.141. The Balaban J connectivity index is 1.48. The van der Waals surface area contributed by atoms with Gasteiger partial charge in [-0.1, -0.05) is 44.6 Å². The summed E-state index contributed by atoms with van der Waals surface area (Å²) in [6.07, 6.45) is 14.1. The number of hydrogen-bond donors (Lipinski definition) is 0. The summed E-state index contributed by atoms with van der Waals surface area (Å²) in [5.74, 6) is 0.978. The number of aliphatic imine (C=N–C) groups is 1. The van der Waals surface area contributed by atoms with E-state index in [1.165, 1.54) is 38.5 Å². The van der Waals surface area contributed by atoms with E-state index in [0.29, 0.717) is 12.1 Å². The lowest BCUT2D eigenvalue weighted by Crippen LogP contribution is -2.41. The van der Waals surface area contributed by atoms with Crippen LogP contribution in [0, 0.1) is 13.8 Å². The van der Waals surface area contributed by atoms with Gasteiger partial charge in [0, 0.05) is 29.2 Å². The van der Waals surface area contributed by atoms with Gasteiger partial charge in [-0.05, 0) is 81.1 Å². The number of benzene rings is 1. The van der Waals surface area contributed by atoms with Gasteiger partial charge in [-0.15, -0.1) is 0 Å². The molecule has 186 valence electrons. The van der Waals surface area contributed by atoms with Crippen molar-refractivity contribution in [2.75, 3.05) is 7.11 Å². The Hall–Kier alpha value is -2.47. The van der Waals surface area contributed by atoms with E-state index >= 15 is 0 Å². The van der Waals surface area contributed by atoms with E-state index in [1.54, 1.807) is 18.9 Å². The first-order valence-electron chi connectivity index (χ1n) is 13.2. The van der Waals surface area contributed by atoms with Gasteiger partial charge in [-0.3, -0.25) is 14.7 Å². The van der Waals surface area contributed by atoms with Gasteiger partial charge in [0.05, 0.1) is 18.1 Å². The maximum Gasteiger partial charge on any atom is 0.267 e. The third kappa shape index (κ3) is 5.09. The zero-order valence-corrected chi connectivity index (χ0v) is 22.1. The van der Waals surface area contributed by atoms with Crippen LogP contribution < -0.4 is 4.74 Å². The summed E-state index contributed by atoms with van der Waals surface area (Å²) in [5.41, 5.74) is 4.42. The lowest BCUT2D eigenvalue weighted by molar-refractivity contribution is -0.124. The summed E-state index contributed by atoms with van der Waals surface area (Å²) in [5, 5.41) is 0.946. The second-order valence-corrected chi connectivity index (χ2v) is 11.2. The Kier molecular flexibility index (Phi) is 7.37. The van der Waals surface area contributed by atoms with Gasteiger partial charge in [-0.25, -0.2) is 0 Å². The Bertz CT molecular complexity index is 1140. The van der Waals surface area contributed by atoms with Crippen molar-refractivity contribution in [3.63, 3.8) is 0 Å². The van der Waals surface area contributed by atoms with Crippen molar-refractivity contribution < 1.29 is 9.53 Å². The number of carbonyl (C=O) groups is 1. The second kappa shape index (κ2) is 10.7. The number of methoxy groups -OCH3 is 1. The molecule has 0 radical (unpaired) electrons. The molecular weight excluding hydrogens is 454 g/mol. The van der Waals surface area contributed by atoms with Crippen LogP contribution in [0.5, 0.6) is 5.75 Å². The molecule has 1 aliphatic heterocycles. The minimum atomic E-state index is 0.141. The van der Waals surface area contributed by atoms with E-state index in [9.17, 15) is 4.79 Å². The van der Waals surface area contributed by atoms with Crippen LogP contribution in [0.25, 0.3) is 11.8 Å². The van der Waals surface area contributed by atoms with Crippen LogP contribution in [0.15, 0.2) is 40.2 Å². The average molecular weight is 492 g/mol. The first-order valence-corrected chi connectivity index (χ1v) is 14.0. The van der Waals surface area contributed by atoms with Crippen LogP contribution in [-0.4, -0.2) is 39.7 Å². The number of amides is 1. The molecule has 3 fully saturated rings. The number of aromatic nitrogens is 1. The van der Waals surface area contributed by atoms with Crippen LogP contribution in [0.3, 0.4) is 0 Å². The number of nitrogens with zero attached hydrogens (tertiary/aromatic N) is 3. The molecule has 5 nitrogen and oxygen atoms in total. The van der Waals surface area contributed by atoms with Gasteiger partial charge in [0.1, 0.15) is 5.75 Å². The number of rotatable bonds is 5. The lowest BCUT2D eigenvalue weighted by Gasteiger charge is -2.31. The van der Waals surface area contributed by atoms with Crippen molar-refractivity contribution in [3.05, 3.63) is 52.2 Å². The van der Waals surface area contributed by atoms with Gasteiger partial charge >= 0.3 is 0 Å². The Morgan fingerprint density at radius 3 is 2.43 bits per heavy atom. The van der Waals surface area contributed by atoms with Crippen molar-refractivity contribution in [2.24, 2.45) is 4.99 Å². The van der Waals surface area contributed by atoms with Crippen molar-refractivity contribution in [1.29, 1.82) is 0 Å². The monoisotopic (exact) mass is 491 g/mol. The van der Waals surface area contributed by atoms with E-state index in [2.05, 4.69) is 41.5 Å². The predicted molar refractivity (Wildman–Crippen MR) is 145 cm³/mol. The molecule has 5 rings (SSSR count). The van der Waals surface area contributed by atoms with Crippen LogP contribution in [0.4, 0.5) is 0 Å². The normalized spacial score (nSPS) is 22.5. The van der Waals surface area contributed by atoms with Gasteiger partial charge < -0.3 is 9.30 Å². The molecule has 1 aromatic heterocycles. The SMILES string of the molecule is COc1cccc(-n2c(C)cc(C=C3SC(=NC4CCCCC4)N(C4CCCCC4)C3=O)c2C)c1. The first kappa shape index (κ1) is 24.2. The summed E-state index contributed by atoms with van der Waals surface area (Å²) in [7, 11) is 1.69. The van der Waals surface area contributed by atoms with E-state index in [4.69, 9.17) is 9.73 Å². The zero-order chi connectivity index (χ0) is 24.4. The summed E-state index contributed by atoms with van der Waals surface area (Å²) < 4.78 is 7.67. The molecule has 2 aromatic rings. The van der Waals surface area contributed by atoms with Crippen LogP contribution in [0.2, 0.25) is 0 Å². The molecule has 2 aliphatic carbocycles. The van der Waals surface area contributed by atoms with Gasteiger partial charge in [-0.2, -0.15) is 0 Å². The molecule has 3 aliphatic rings. The highest BCUT2D eigenvalue weighted by atomic mass is 32.2. The fourth-order valence-corrected chi connectivity index (χ4v) is 6.93. The van der Waals surface area contributed by atoms with Crippen LogP contribution in [-0.2, 0) is 4.79 Å². The van der Waals surface area contributed by atoms with Crippen molar-refractivity contribution >= 4 is 28.9 Å². The third-order valence-electron chi connectivity index (χ3n) is 7.71. The molecule has 1 aromatic carbocycles. The highest BCUT2D eigenvalue weighted by Gasteiger charge is 2.39. The number of aryl methyl sites for hydroxylation is 1. The largest absolute Gasteiger partial charge is 0.497 e. The highest BCUT2D eigenvalue weighted by molar-refractivity contribution is 8.18. The zero-order valence-electron chi connectivity index (χ0n) is 21.3. The standard InChI is InChI=1S/C29H37N3O2S/c1-20-17-22(21(2)31(20)25-15-10-16-26(19-25)34-3)18-27-28(33)32(24-13-8-5-9-14-24)29(35-27)30-23-11-6-4-7-12-23/h10,15-19,23-24H,4-9,11-14H2,1-3H3. The van der Waals surface area contributed by atoms with Gasteiger partial charge in [0.2, 0.25) is 0 Å². The predicted octanol–water partition coefficient (Wildman–Crippen LogP) is 7.04. The van der Waals surface area contributed by atoms with E-state index < -0.39 is 0 Å². The number of carbonyl (C=O) groups excluding carboxylic acids is 1. The Labute approximate surface area is 213 Å². The molecule has 2 heterocycles. The minimum Gasteiger partial charge on any atom is -0.497 e. The van der Waals surface area contributed by atoms with Crippen LogP contribution in [0.1, 0.15) is 81.2 Å². The van der Waals surface area contributed by atoms with Gasteiger partial charge in [0.15, 0.2) is 5.17 Å². The molecular formula is C29H37N3O2S. The third-order valence-corrected chi connectivity index (χ3v) is 8.71. The van der Waals surface area contributed by atoms with E-state index in [1.807, 2.05) is 18.2 Å². The number of amidine groups is 1. The Morgan fingerprint density at radius 1 is 1.00 bits per heavy atom. The maximum absolute atomic E-state index is 13.8. The molecule has 0 N–H and O–H groups in total. The molecule has 0 spiro atoms. The fourth-order valence-electron chi connectivity index (χ4n) is 5.83. The summed E-state index contributed by atoms with van der Waals surface area (Å²) in [6, 6.07) is 10.9. The van der Waals surface area contributed by atoms with Gasteiger partial charge in [0.25, 0.3) is 5.91 Å². The number of ether oxygens (including phenoxy) is 1. The first-order chi connectivity index (χ1) is 17.0. The Morgan fingerprint density at radius 2 is 1.71 bits per heavy atom. The molecule has 0 unspecified atom stereocenters. The number of hydrogen-bond acceptors (Lipinski definition) is 4. The fraction of sp³-hybridized carbons (Fsp3) is 0.517. The average Bonchev–Trinajstić information content (AvgIpc) is 3.34. The lowest BCUT2D eigenvalue weighted by atomic mass is 9.94. The topological polar surface area (TPSA) is 46.8 Å². The van der Waals surface area contributed by atoms with E-state index in [-0.39, 0.29) is 5.91 Å². The van der Waals surface area contributed by atoms with Crippen molar-refractivity contribution in [3.8, 4) is 11.4 Å². The highest BCUT2D eigenvalue weighted by Crippen LogP contribution is 2.39. The molecule has 1 amide bonds. The smallest absolute Gasteiger partial charge is 0.267 e. The van der Waals surface area contributed by atoms with Crippen molar-refractivity contribution in [2.45, 2.75) is 90.1 Å². The number of thioether (sulfide) groups is 1.